The second-order valence-electron chi connectivity index (χ2n) is 3.30. The Kier molecular flexibility index (Phi) is 3.17. The SMILES string of the molecule is O=S(=O)(c1[c]c(F)ccc1)c1ccccc1Cl. The first kappa shape index (κ1) is 12.1. The Labute approximate surface area is 104 Å². The van der Waals surface area contributed by atoms with E-state index in [2.05, 4.69) is 6.07 Å². The highest BCUT2D eigenvalue weighted by atomic mass is 35.5. The number of benzene rings is 2. The molecule has 0 amide bonds. The molecule has 0 spiro atoms. The fourth-order valence-corrected chi connectivity index (χ4v) is 3.11. The topological polar surface area (TPSA) is 34.1 Å². The normalized spacial score (nSPS) is 11.4. The lowest BCUT2D eigenvalue weighted by atomic mass is 10.3. The van der Waals surface area contributed by atoms with Crippen molar-refractivity contribution < 1.29 is 12.8 Å². The van der Waals surface area contributed by atoms with E-state index in [1.807, 2.05) is 0 Å². The third kappa shape index (κ3) is 2.33. The molecular formula is C12H7ClFO2S. The van der Waals surface area contributed by atoms with Gasteiger partial charge < -0.3 is 0 Å². The van der Waals surface area contributed by atoms with Crippen molar-refractivity contribution in [1.29, 1.82) is 0 Å². The molecule has 0 aromatic heterocycles. The van der Waals surface area contributed by atoms with Gasteiger partial charge in [-0.05, 0) is 24.3 Å². The molecule has 0 saturated carbocycles. The van der Waals surface area contributed by atoms with Crippen LogP contribution in [0.2, 0.25) is 5.02 Å². The van der Waals surface area contributed by atoms with Gasteiger partial charge in [-0.15, -0.1) is 0 Å². The molecule has 0 aliphatic carbocycles. The maximum absolute atomic E-state index is 13.0. The maximum atomic E-state index is 13.0. The fraction of sp³-hybridized carbons (Fsp3) is 0. The molecule has 0 heterocycles. The molecule has 0 N–H and O–H groups in total. The van der Waals surface area contributed by atoms with Crippen molar-refractivity contribution in [2.24, 2.45) is 0 Å². The van der Waals surface area contributed by atoms with Crippen molar-refractivity contribution in [3.8, 4) is 0 Å². The van der Waals surface area contributed by atoms with Gasteiger partial charge in [0.05, 0.1) is 14.8 Å². The van der Waals surface area contributed by atoms with Crippen LogP contribution in [0.5, 0.6) is 0 Å². The molecule has 2 rings (SSSR count). The Morgan fingerprint density at radius 3 is 2.41 bits per heavy atom. The summed E-state index contributed by atoms with van der Waals surface area (Å²) >= 11 is 5.81. The first-order chi connectivity index (χ1) is 8.01. The molecule has 2 aromatic rings. The predicted octanol–water partition coefficient (Wildman–Crippen LogP) is 3.11. The first-order valence-corrected chi connectivity index (χ1v) is 6.55. The van der Waals surface area contributed by atoms with Gasteiger partial charge in [0.1, 0.15) is 5.82 Å². The van der Waals surface area contributed by atoms with Crippen molar-refractivity contribution >= 4 is 21.4 Å². The van der Waals surface area contributed by atoms with Gasteiger partial charge in [0.15, 0.2) is 0 Å². The summed E-state index contributed by atoms with van der Waals surface area (Å²) in [6.45, 7) is 0. The summed E-state index contributed by atoms with van der Waals surface area (Å²) in [6.07, 6.45) is 0. The molecule has 0 unspecified atom stereocenters. The van der Waals surface area contributed by atoms with Crippen LogP contribution in [0, 0.1) is 11.9 Å². The Morgan fingerprint density at radius 2 is 1.76 bits per heavy atom. The Morgan fingerprint density at radius 1 is 1.06 bits per heavy atom. The molecule has 0 saturated heterocycles. The van der Waals surface area contributed by atoms with Crippen LogP contribution < -0.4 is 0 Å². The molecule has 0 aliphatic rings. The van der Waals surface area contributed by atoms with Crippen LogP contribution in [-0.4, -0.2) is 8.42 Å². The van der Waals surface area contributed by atoms with Gasteiger partial charge in [-0.3, -0.25) is 0 Å². The summed E-state index contributed by atoms with van der Waals surface area (Å²) in [7, 11) is -3.82. The van der Waals surface area contributed by atoms with Crippen LogP contribution >= 0.6 is 11.6 Å². The van der Waals surface area contributed by atoms with Gasteiger partial charge in [0, 0.05) is 6.07 Å². The standard InChI is InChI=1S/C12H7ClFO2S/c13-11-6-1-2-7-12(11)17(15,16)10-5-3-4-9(14)8-10/h1-7H. The monoisotopic (exact) mass is 269 g/mol. The molecule has 1 radical (unpaired) electrons. The number of rotatable bonds is 2. The summed E-state index contributed by atoms with van der Waals surface area (Å²) in [5.74, 6) is -0.724. The second-order valence-corrected chi connectivity index (χ2v) is 5.59. The predicted molar refractivity (Wildman–Crippen MR) is 62.1 cm³/mol. The lowest BCUT2D eigenvalue weighted by Gasteiger charge is -2.05. The van der Waals surface area contributed by atoms with E-state index < -0.39 is 15.7 Å². The van der Waals surface area contributed by atoms with Crippen LogP contribution in [0.4, 0.5) is 4.39 Å². The number of hydrogen-bond acceptors (Lipinski definition) is 2. The van der Waals surface area contributed by atoms with Gasteiger partial charge in [0.25, 0.3) is 0 Å². The van der Waals surface area contributed by atoms with E-state index in [4.69, 9.17) is 11.6 Å². The molecule has 0 aliphatic heterocycles. The van der Waals surface area contributed by atoms with Crippen LogP contribution in [0.15, 0.2) is 52.3 Å². The van der Waals surface area contributed by atoms with Gasteiger partial charge in [-0.1, -0.05) is 29.8 Å². The summed E-state index contributed by atoms with van der Waals surface area (Å²) in [6, 6.07) is 11.9. The van der Waals surface area contributed by atoms with Crippen molar-refractivity contribution in [3.63, 3.8) is 0 Å². The highest BCUT2D eigenvalue weighted by Crippen LogP contribution is 2.27. The zero-order chi connectivity index (χ0) is 12.5. The minimum atomic E-state index is -3.82. The average molecular weight is 270 g/mol. The molecular weight excluding hydrogens is 263 g/mol. The van der Waals surface area contributed by atoms with E-state index in [0.717, 1.165) is 6.07 Å². The lowest BCUT2D eigenvalue weighted by Crippen LogP contribution is -2.03. The van der Waals surface area contributed by atoms with Crippen molar-refractivity contribution in [3.05, 3.63) is 59.4 Å². The number of sulfone groups is 1. The van der Waals surface area contributed by atoms with Gasteiger partial charge in [-0.2, -0.15) is 0 Å². The van der Waals surface area contributed by atoms with E-state index >= 15 is 0 Å². The summed E-state index contributed by atoms with van der Waals surface area (Å²) in [5.41, 5.74) is 0. The third-order valence-electron chi connectivity index (χ3n) is 2.15. The first-order valence-electron chi connectivity index (χ1n) is 4.69. The third-order valence-corrected chi connectivity index (χ3v) is 4.34. The summed E-state index contributed by atoms with van der Waals surface area (Å²) < 4.78 is 37.2. The van der Waals surface area contributed by atoms with E-state index in [0.29, 0.717) is 0 Å². The van der Waals surface area contributed by atoms with Crippen LogP contribution in [-0.2, 0) is 9.84 Å². The average Bonchev–Trinajstić information content (AvgIpc) is 2.29. The van der Waals surface area contributed by atoms with Gasteiger partial charge >= 0.3 is 0 Å². The van der Waals surface area contributed by atoms with Crippen LogP contribution in [0.3, 0.4) is 0 Å². The molecule has 5 heteroatoms. The molecule has 2 aromatic carbocycles. The van der Waals surface area contributed by atoms with Crippen molar-refractivity contribution in [2.45, 2.75) is 9.79 Å². The molecule has 87 valence electrons. The highest BCUT2D eigenvalue weighted by molar-refractivity contribution is 7.91. The van der Waals surface area contributed by atoms with Gasteiger partial charge in [-0.25, -0.2) is 12.8 Å². The largest absolute Gasteiger partial charge is 0.218 e. The van der Waals surface area contributed by atoms with E-state index in [1.165, 1.54) is 24.3 Å². The van der Waals surface area contributed by atoms with E-state index in [-0.39, 0.29) is 14.8 Å². The minimum Gasteiger partial charge on any atom is -0.218 e. The fourth-order valence-electron chi connectivity index (χ4n) is 1.36. The van der Waals surface area contributed by atoms with E-state index in [9.17, 15) is 12.8 Å². The maximum Gasteiger partial charge on any atom is 0.208 e. The number of halogens is 2. The van der Waals surface area contributed by atoms with E-state index in [1.54, 1.807) is 12.1 Å². The molecule has 2 nitrogen and oxygen atoms in total. The Hall–Kier alpha value is -1.39. The Bertz CT molecular complexity index is 653. The lowest BCUT2D eigenvalue weighted by molar-refractivity contribution is 0.590. The summed E-state index contributed by atoms with van der Waals surface area (Å²) in [5, 5.41) is 0.102. The van der Waals surface area contributed by atoms with Gasteiger partial charge in [0.2, 0.25) is 9.84 Å². The quantitative estimate of drug-likeness (QED) is 0.839. The highest BCUT2D eigenvalue weighted by Gasteiger charge is 2.20. The summed E-state index contributed by atoms with van der Waals surface area (Å²) in [4.78, 5) is -0.283. The second kappa shape index (κ2) is 4.47. The zero-order valence-electron chi connectivity index (χ0n) is 8.52. The van der Waals surface area contributed by atoms with Crippen molar-refractivity contribution in [1.82, 2.24) is 0 Å². The molecule has 0 bridgehead atoms. The zero-order valence-corrected chi connectivity index (χ0v) is 10.1. The van der Waals surface area contributed by atoms with Crippen LogP contribution in [0.25, 0.3) is 0 Å². The van der Waals surface area contributed by atoms with Crippen molar-refractivity contribution in [2.75, 3.05) is 0 Å². The smallest absolute Gasteiger partial charge is 0.208 e. The van der Waals surface area contributed by atoms with Crippen LogP contribution in [0.1, 0.15) is 0 Å². The minimum absolute atomic E-state index is 0.0523. The molecule has 0 atom stereocenters. The number of hydrogen-bond donors (Lipinski definition) is 0. The molecule has 17 heavy (non-hydrogen) atoms. The molecule has 0 fully saturated rings. The Balaban J connectivity index is 2.63.